The summed E-state index contributed by atoms with van der Waals surface area (Å²) >= 11 is 0. The van der Waals surface area contributed by atoms with Crippen molar-refractivity contribution >= 4 is 39.5 Å². The zero-order valence-corrected chi connectivity index (χ0v) is 66.8. The quantitative estimate of drug-likeness (QED) is 0.0222. The van der Waals surface area contributed by atoms with Crippen molar-refractivity contribution < 1.29 is 80.2 Å². The highest BCUT2D eigenvalue weighted by molar-refractivity contribution is 7.47. The first-order chi connectivity index (χ1) is 47.8. The van der Waals surface area contributed by atoms with E-state index in [-0.39, 0.29) is 25.7 Å². The van der Waals surface area contributed by atoms with E-state index >= 15 is 0 Å². The molecule has 0 heterocycles. The molecule has 0 fully saturated rings. The van der Waals surface area contributed by atoms with E-state index in [1.165, 1.54) is 218 Å². The summed E-state index contributed by atoms with van der Waals surface area (Å²) in [5, 5.41) is 10.6. The van der Waals surface area contributed by atoms with Gasteiger partial charge in [0.1, 0.15) is 19.3 Å². The maximum absolute atomic E-state index is 13.1. The second-order valence-electron chi connectivity index (χ2n) is 30.0. The highest BCUT2D eigenvalue weighted by Crippen LogP contribution is 2.45. The smallest absolute Gasteiger partial charge is 0.462 e. The maximum Gasteiger partial charge on any atom is 0.472 e. The summed E-state index contributed by atoms with van der Waals surface area (Å²) in [6.07, 6.45) is 58.6. The van der Waals surface area contributed by atoms with Crippen LogP contribution in [0.15, 0.2) is 0 Å². The second-order valence-corrected chi connectivity index (χ2v) is 32.9. The monoisotopic (exact) mass is 1450 g/mol. The zero-order valence-electron chi connectivity index (χ0n) is 65.0. The van der Waals surface area contributed by atoms with Crippen LogP contribution >= 0.6 is 15.6 Å². The SMILES string of the molecule is CCCCCCCCCCCCCCCCCCCCCCCC(=O)O[C@H](COC(=O)CCCCCCCCCCCCCCCCC(C)C)COP(=O)(O)OC[C@@H](O)COP(=O)(O)OC[C@@H](COC(=O)CCCCCCCCC(C)C)OC(=O)CCCCCCCCCCC(C)CC. The molecule has 19 heteroatoms. The Morgan fingerprint density at radius 3 is 0.768 bits per heavy atom. The largest absolute Gasteiger partial charge is 0.472 e. The molecule has 3 unspecified atom stereocenters. The van der Waals surface area contributed by atoms with Gasteiger partial charge in [0.05, 0.1) is 26.4 Å². The number of phosphoric acid groups is 2. The first-order valence-electron chi connectivity index (χ1n) is 41.4. The molecule has 17 nitrogen and oxygen atoms in total. The van der Waals surface area contributed by atoms with Crippen molar-refractivity contribution in [3.63, 3.8) is 0 Å². The van der Waals surface area contributed by atoms with Gasteiger partial charge in [-0.15, -0.1) is 0 Å². The number of aliphatic hydroxyl groups excluding tert-OH is 1. The molecule has 0 saturated heterocycles. The number of rotatable bonds is 78. The van der Waals surface area contributed by atoms with Gasteiger partial charge in [0, 0.05) is 25.7 Å². The molecular weight excluding hydrogens is 1290 g/mol. The van der Waals surface area contributed by atoms with E-state index in [1.54, 1.807) is 0 Å². The number of hydrogen-bond donors (Lipinski definition) is 3. The lowest BCUT2D eigenvalue weighted by Crippen LogP contribution is -2.30. The van der Waals surface area contributed by atoms with Crippen molar-refractivity contribution in [2.24, 2.45) is 17.8 Å². The molecule has 0 aliphatic heterocycles. The van der Waals surface area contributed by atoms with Gasteiger partial charge < -0.3 is 33.8 Å². The van der Waals surface area contributed by atoms with E-state index in [9.17, 15) is 43.2 Å². The fraction of sp³-hybridized carbons (Fsp3) is 0.950. The van der Waals surface area contributed by atoms with Crippen molar-refractivity contribution in [2.45, 2.75) is 433 Å². The molecule has 0 aromatic heterocycles. The Morgan fingerprint density at radius 2 is 0.515 bits per heavy atom. The van der Waals surface area contributed by atoms with Crippen LogP contribution in [0.25, 0.3) is 0 Å². The third-order valence-electron chi connectivity index (χ3n) is 19.0. The molecule has 99 heavy (non-hydrogen) atoms. The van der Waals surface area contributed by atoms with Crippen LogP contribution < -0.4 is 0 Å². The first-order valence-corrected chi connectivity index (χ1v) is 44.4. The number of hydrogen-bond acceptors (Lipinski definition) is 15. The van der Waals surface area contributed by atoms with E-state index in [4.69, 9.17) is 37.0 Å². The minimum Gasteiger partial charge on any atom is -0.462 e. The average Bonchev–Trinajstić information content (AvgIpc) is 1.08. The summed E-state index contributed by atoms with van der Waals surface area (Å²) in [5.74, 6) is 0.131. The van der Waals surface area contributed by atoms with Gasteiger partial charge in [0.25, 0.3) is 0 Å². The topological polar surface area (TPSA) is 237 Å². The van der Waals surface area contributed by atoms with Gasteiger partial charge in [0.15, 0.2) is 12.2 Å². The van der Waals surface area contributed by atoms with Crippen molar-refractivity contribution in [1.82, 2.24) is 0 Å². The van der Waals surface area contributed by atoms with Crippen molar-refractivity contribution in [3.05, 3.63) is 0 Å². The summed E-state index contributed by atoms with van der Waals surface area (Å²) in [7, 11) is -9.92. The fourth-order valence-corrected chi connectivity index (χ4v) is 13.9. The predicted molar refractivity (Wildman–Crippen MR) is 405 cm³/mol. The van der Waals surface area contributed by atoms with Gasteiger partial charge in [-0.3, -0.25) is 37.3 Å². The fourth-order valence-electron chi connectivity index (χ4n) is 12.3. The Kier molecular flexibility index (Phi) is 69.0. The summed E-state index contributed by atoms with van der Waals surface area (Å²) in [5.41, 5.74) is 0. The molecule has 0 aromatic carbocycles. The minimum absolute atomic E-state index is 0.104. The van der Waals surface area contributed by atoms with E-state index in [0.717, 1.165) is 108 Å². The molecule has 0 spiro atoms. The van der Waals surface area contributed by atoms with Gasteiger partial charge in [-0.2, -0.15) is 0 Å². The molecule has 0 aromatic rings. The summed E-state index contributed by atoms with van der Waals surface area (Å²) < 4.78 is 68.6. The lowest BCUT2D eigenvalue weighted by molar-refractivity contribution is -0.161. The number of carbonyl (C=O) groups is 4. The highest BCUT2D eigenvalue weighted by Gasteiger charge is 2.30. The van der Waals surface area contributed by atoms with Crippen LogP contribution in [0.2, 0.25) is 0 Å². The number of ether oxygens (including phenoxy) is 4. The van der Waals surface area contributed by atoms with Crippen LogP contribution in [-0.2, 0) is 65.4 Å². The standard InChI is InChI=1S/C80H156O17P2/c1-8-10-11-12-13-14-15-16-17-18-19-20-21-22-23-28-31-34-40-49-56-63-79(84)96-75(67-90-77(82)61-54-47-39-33-30-27-25-24-26-29-32-37-44-51-58-71(3)4)69-94-98(86,87)92-65-74(81)66-93-99(88,89)95-70-76(68-91-78(83)62-55-48-43-42-45-52-59-72(5)6)97-80(85)64-57-50-41-36-35-38-46-53-60-73(7)9-2/h71-76,81H,8-70H2,1-7H3,(H,86,87)(H,88,89)/t73?,74-,75-,76-/m1/s1. The average molecular weight is 1450 g/mol. The molecule has 3 N–H and O–H groups in total. The second kappa shape index (κ2) is 70.4. The van der Waals surface area contributed by atoms with Crippen molar-refractivity contribution in [3.8, 4) is 0 Å². The van der Waals surface area contributed by atoms with Crippen LogP contribution in [0.5, 0.6) is 0 Å². The van der Waals surface area contributed by atoms with Gasteiger partial charge in [-0.1, -0.05) is 363 Å². The third-order valence-corrected chi connectivity index (χ3v) is 20.9. The van der Waals surface area contributed by atoms with Crippen molar-refractivity contribution in [1.29, 1.82) is 0 Å². The maximum atomic E-state index is 13.1. The minimum atomic E-state index is -4.96. The van der Waals surface area contributed by atoms with Crippen LogP contribution in [0.1, 0.15) is 414 Å². The molecule has 588 valence electrons. The predicted octanol–water partition coefficient (Wildman–Crippen LogP) is 23.7. The third kappa shape index (κ3) is 72.8. The molecule has 0 amide bonds. The Labute approximate surface area is 607 Å². The molecular formula is C80H156O17P2. The van der Waals surface area contributed by atoms with Crippen LogP contribution in [0.3, 0.4) is 0 Å². The first kappa shape index (κ1) is 97.1. The lowest BCUT2D eigenvalue weighted by atomic mass is 9.99. The van der Waals surface area contributed by atoms with E-state index in [0.29, 0.717) is 31.6 Å². The Balaban J connectivity index is 5.21. The highest BCUT2D eigenvalue weighted by atomic mass is 31.2. The van der Waals surface area contributed by atoms with Crippen molar-refractivity contribution in [2.75, 3.05) is 39.6 Å². The zero-order chi connectivity index (χ0) is 73.0. The number of aliphatic hydroxyl groups is 1. The van der Waals surface area contributed by atoms with E-state index in [2.05, 4.69) is 48.5 Å². The lowest BCUT2D eigenvalue weighted by Gasteiger charge is -2.21. The molecule has 0 radical (unpaired) electrons. The molecule has 6 atom stereocenters. The number of esters is 4. The van der Waals surface area contributed by atoms with Gasteiger partial charge in [-0.25, -0.2) is 9.13 Å². The normalized spacial score (nSPS) is 14.3. The van der Waals surface area contributed by atoms with E-state index in [1.807, 2.05) is 0 Å². The van der Waals surface area contributed by atoms with E-state index < -0.39 is 97.5 Å². The summed E-state index contributed by atoms with van der Waals surface area (Å²) in [4.78, 5) is 72.9. The number of carbonyl (C=O) groups excluding carboxylic acids is 4. The Hall–Kier alpha value is -1.94. The molecule has 0 bridgehead atoms. The summed E-state index contributed by atoms with van der Waals surface area (Å²) in [6.45, 7) is 11.9. The number of phosphoric ester groups is 2. The van der Waals surface area contributed by atoms with Crippen LogP contribution in [-0.4, -0.2) is 96.7 Å². The molecule has 0 aliphatic carbocycles. The Bertz CT molecular complexity index is 1920. The van der Waals surface area contributed by atoms with Crippen LogP contribution in [0, 0.1) is 17.8 Å². The molecule has 0 saturated carbocycles. The van der Waals surface area contributed by atoms with Gasteiger partial charge in [-0.05, 0) is 43.4 Å². The number of unbranched alkanes of at least 4 members (excludes halogenated alkanes) is 45. The Morgan fingerprint density at radius 1 is 0.293 bits per heavy atom. The van der Waals surface area contributed by atoms with Gasteiger partial charge >= 0.3 is 39.5 Å². The summed E-state index contributed by atoms with van der Waals surface area (Å²) in [6, 6.07) is 0. The van der Waals surface area contributed by atoms with Gasteiger partial charge in [0.2, 0.25) is 0 Å². The van der Waals surface area contributed by atoms with Crippen LogP contribution in [0.4, 0.5) is 0 Å². The molecule has 0 rings (SSSR count). The molecule has 0 aliphatic rings.